The summed E-state index contributed by atoms with van der Waals surface area (Å²) in [6.45, 7) is 2.90. The van der Waals surface area contributed by atoms with Crippen molar-refractivity contribution in [2.24, 2.45) is 0 Å². The summed E-state index contributed by atoms with van der Waals surface area (Å²) in [6, 6.07) is 6.68. The molecule has 1 saturated heterocycles. The predicted molar refractivity (Wildman–Crippen MR) is 104 cm³/mol. The summed E-state index contributed by atoms with van der Waals surface area (Å²) in [5.74, 6) is -0.474. The van der Waals surface area contributed by atoms with Crippen LogP contribution in [0.5, 0.6) is 0 Å². The molecule has 2 N–H and O–H groups in total. The maximum atomic E-state index is 12.3. The van der Waals surface area contributed by atoms with Gasteiger partial charge in [0.15, 0.2) is 5.13 Å². The number of thiazole rings is 1. The SMILES string of the molecule is CC(OCC1CCCCO1)C(=O)Nc1ccc(C(=O)Nc2nccs2)cc1. The van der Waals surface area contributed by atoms with E-state index in [1.165, 1.54) is 11.3 Å². The molecular formula is C19H23N3O4S. The van der Waals surface area contributed by atoms with Crippen LogP contribution in [0.1, 0.15) is 36.5 Å². The topological polar surface area (TPSA) is 89.5 Å². The molecular weight excluding hydrogens is 366 g/mol. The van der Waals surface area contributed by atoms with Crippen LogP contribution in [0.25, 0.3) is 0 Å². The summed E-state index contributed by atoms with van der Waals surface area (Å²) in [5, 5.41) is 7.84. The average Bonchev–Trinajstić information content (AvgIpc) is 3.20. The van der Waals surface area contributed by atoms with Gasteiger partial charge in [0.25, 0.3) is 11.8 Å². The zero-order valence-electron chi connectivity index (χ0n) is 15.1. The number of anilines is 2. The molecule has 0 bridgehead atoms. The van der Waals surface area contributed by atoms with Crippen molar-refractivity contribution in [1.29, 1.82) is 0 Å². The highest BCUT2D eigenvalue weighted by Gasteiger charge is 2.19. The highest BCUT2D eigenvalue weighted by atomic mass is 32.1. The Morgan fingerprint density at radius 1 is 1.30 bits per heavy atom. The molecule has 2 atom stereocenters. The first-order valence-electron chi connectivity index (χ1n) is 8.97. The van der Waals surface area contributed by atoms with E-state index in [4.69, 9.17) is 9.47 Å². The Balaban J connectivity index is 1.46. The van der Waals surface area contributed by atoms with Crippen molar-refractivity contribution < 1.29 is 19.1 Å². The van der Waals surface area contributed by atoms with Gasteiger partial charge in [-0.2, -0.15) is 0 Å². The molecule has 0 spiro atoms. The Hall–Kier alpha value is -2.29. The molecule has 0 aliphatic carbocycles. The normalized spacial score (nSPS) is 17.9. The van der Waals surface area contributed by atoms with Crippen molar-refractivity contribution in [2.45, 2.75) is 38.4 Å². The van der Waals surface area contributed by atoms with E-state index in [0.717, 1.165) is 25.9 Å². The molecule has 3 rings (SSSR count). The summed E-state index contributed by atoms with van der Waals surface area (Å²) < 4.78 is 11.2. The van der Waals surface area contributed by atoms with Crippen LogP contribution < -0.4 is 10.6 Å². The van der Waals surface area contributed by atoms with E-state index >= 15 is 0 Å². The fourth-order valence-corrected chi connectivity index (χ4v) is 3.19. The third-order valence-corrected chi connectivity index (χ3v) is 4.93. The van der Waals surface area contributed by atoms with Crippen LogP contribution in [0.15, 0.2) is 35.8 Å². The highest BCUT2D eigenvalue weighted by molar-refractivity contribution is 7.13. The van der Waals surface area contributed by atoms with Crippen molar-refractivity contribution in [2.75, 3.05) is 23.8 Å². The summed E-state index contributed by atoms with van der Waals surface area (Å²) in [6.07, 6.45) is 4.32. The standard InChI is InChI=1S/C19H23N3O4S/c1-13(26-12-16-4-2-3-10-25-16)17(23)21-15-7-5-14(6-8-15)18(24)22-19-20-9-11-27-19/h5-9,11,13,16H,2-4,10,12H2,1H3,(H,21,23)(H,20,22,24). The van der Waals surface area contributed by atoms with Gasteiger partial charge in [-0.15, -0.1) is 11.3 Å². The molecule has 2 amide bonds. The first kappa shape index (κ1) is 19.5. The highest BCUT2D eigenvalue weighted by Crippen LogP contribution is 2.16. The van der Waals surface area contributed by atoms with E-state index in [-0.39, 0.29) is 17.9 Å². The van der Waals surface area contributed by atoms with Gasteiger partial charge in [-0.1, -0.05) is 0 Å². The van der Waals surface area contributed by atoms with Crippen LogP contribution in [-0.2, 0) is 14.3 Å². The Labute approximate surface area is 162 Å². The number of ether oxygens (including phenoxy) is 2. The number of benzene rings is 1. The minimum Gasteiger partial charge on any atom is -0.376 e. The van der Waals surface area contributed by atoms with Crippen LogP contribution in [-0.4, -0.2) is 42.2 Å². The predicted octanol–water partition coefficient (Wildman–Crippen LogP) is 3.31. The maximum absolute atomic E-state index is 12.3. The van der Waals surface area contributed by atoms with Crippen LogP contribution in [0, 0.1) is 0 Å². The minimum absolute atomic E-state index is 0.0737. The van der Waals surface area contributed by atoms with E-state index < -0.39 is 6.10 Å². The number of carbonyl (C=O) groups excluding carboxylic acids is 2. The van der Waals surface area contributed by atoms with Crippen molar-refractivity contribution in [1.82, 2.24) is 4.98 Å². The summed E-state index contributed by atoms with van der Waals surface area (Å²) in [5.41, 5.74) is 1.09. The largest absolute Gasteiger partial charge is 0.376 e. The van der Waals surface area contributed by atoms with Crippen LogP contribution in [0.2, 0.25) is 0 Å². The minimum atomic E-state index is -0.580. The fraction of sp³-hybridized carbons (Fsp3) is 0.421. The second kappa shape index (κ2) is 9.59. The second-order valence-corrected chi connectivity index (χ2v) is 7.22. The fourth-order valence-electron chi connectivity index (χ4n) is 2.67. The van der Waals surface area contributed by atoms with Gasteiger partial charge in [0.1, 0.15) is 6.10 Å². The molecule has 1 aliphatic rings. The van der Waals surface area contributed by atoms with Gasteiger partial charge in [-0.25, -0.2) is 4.98 Å². The van der Waals surface area contributed by atoms with Crippen molar-refractivity contribution in [3.05, 3.63) is 41.4 Å². The molecule has 8 heteroatoms. The second-order valence-electron chi connectivity index (χ2n) is 6.32. The van der Waals surface area contributed by atoms with Gasteiger partial charge in [0.2, 0.25) is 0 Å². The van der Waals surface area contributed by atoms with Crippen LogP contribution in [0.4, 0.5) is 10.8 Å². The molecule has 2 aromatic rings. The van der Waals surface area contributed by atoms with Gasteiger partial charge in [-0.3, -0.25) is 14.9 Å². The van der Waals surface area contributed by atoms with Crippen molar-refractivity contribution in [3.63, 3.8) is 0 Å². The Morgan fingerprint density at radius 3 is 2.78 bits per heavy atom. The Kier molecular flexibility index (Phi) is 6.92. The lowest BCUT2D eigenvalue weighted by Crippen LogP contribution is -2.32. The third-order valence-electron chi connectivity index (χ3n) is 4.24. The van der Waals surface area contributed by atoms with E-state index in [1.54, 1.807) is 42.8 Å². The number of nitrogens with zero attached hydrogens (tertiary/aromatic N) is 1. The molecule has 144 valence electrons. The number of hydrogen-bond acceptors (Lipinski definition) is 6. The number of amides is 2. The zero-order valence-corrected chi connectivity index (χ0v) is 16.0. The summed E-state index contributed by atoms with van der Waals surface area (Å²) >= 11 is 1.35. The molecule has 0 radical (unpaired) electrons. The number of rotatable bonds is 7. The number of hydrogen-bond donors (Lipinski definition) is 2. The van der Waals surface area contributed by atoms with Gasteiger partial charge < -0.3 is 14.8 Å². The van der Waals surface area contributed by atoms with E-state index in [1.807, 2.05) is 0 Å². The molecule has 1 aromatic heterocycles. The lowest BCUT2D eigenvalue weighted by Gasteiger charge is -2.23. The molecule has 27 heavy (non-hydrogen) atoms. The number of nitrogens with one attached hydrogen (secondary N) is 2. The van der Waals surface area contributed by atoms with E-state index in [2.05, 4.69) is 15.6 Å². The number of aromatic nitrogens is 1. The molecule has 2 heterocycles. The number of carbonyl (C=O) groups is 2. The molecule has 2 unspecified atom stereocenters. The van der Waals surface area contributed by atoms with Gasteiger partial charge >= 0.3 is 0 Å². The molecule has 1 aromatic carbocycles. The smallest absolute Gasteiger partial charge is 0.257 e. The Morgan fingerprint density at radius 2 is 2.11 bits per heavy atom. The molecule has 1 fully saturated rings. The van der Waals surface area contributed by atoms with Crippen molar-refractivity contribution in [3.8, 4) is 0 Å². The zero-order chi connectivity index (χ0) is 19.1. The first-order chi connectivity index (χ1) is 13.1. The lowest BCUT2D eigenvalue weighted by molar-refractivity contribution is -0.130. The average molecular weight is 389 g/mol. The van der Waals surface area contributed by atoms with Crippen molar-refractivity contribution >= 4 is 34.0 Å². The van der Waals surface area contributed by atoms with E-state index in [0.29, 0.717) is 23.0 Å². The van der Waals surface area contributed by atoms with Crippen LogP contribution in [0.3, 0.4) is 0 Å². The quantitative estimate of drug-likeness (QED) is 0.758. The van der Waals surface area contributed by atoms with Gasteiger partial charge in [0, 0.05) is 29.4 Å². The third kappa shape index (κ3) is 5.85. The van der Waals surface area contributed by atoms with E-state index in [9.17, 15) is 9.59 Å². The molecule has 1 aliphatic heterocycles. The lowest BCUT2D eigenvalue weighted by atomic mass is 10.1. The van der Waals surface area contributed by atoms with Crippen LogP contribution >= 0.6 is 11.3 Å². The molecule has 0 saturated carbocycles. The maximum Gasteiger partial charge on any atom is 0.257 e. The molecule has 7 nitrogen and oxygen atoms in total. The Bertz CT molecular complexity index is 743. The summed E-state index contributed by atoms with van der Waals surface area (Å²) in [7, 11) is 0. The first-order valence-corrected chi connectivity index (χ1v) is 9.85. The van der Waals surface area contributed by atoms with Gasteiger partial charge in [-0.05, 0) is 50.5 Å². The van der Waals surface area contributed by atoms with Gasteiger partial charge in [0.05, 0.1) is 12.7 Å². The summed E-state index contributed by atoms with van der Waals surface area (Å²) in [4.78, 5) is 28.4. The monoisotopic (exact) mass is 389 g/mol.